The number of carbonyl (C=O) groups is 1. The van der Waals surface area contributed by atoms with Crippen molar-refractivity contribution in [2.24, 2.45) is 0 Å². The first-order valence-electron chi connectivity index (χ1n) is 5.63. The van der Waals surface area contributed by atoms with E-state index in [4.69, 9.17) is 5.73 Å². The normalized spacial score (nSPS) is 20.5. The van der Waals surface area contributed by atoms with Gasteiger partial charge in [0.1, 0.15) is 6.17 Å². The fourth-order valence-corrected chi connectivity index (χ4v) is 2.16. The first-order chi connectivity index (χ1) is 7.81. The highest BCUT2D eigenvalue weighted by molar-refractivity contribution is 5.55. The number of nitrogen functional groups attached to an aromatic ring is 1. The summed E-state index contributed by atoms with van der Waals surface area (Å²) < 4.78 is 0. The largest absolute Gasteiger partial charge is 0.399 e. The van der Waals surface area contributed by atoms with E-state index in [0.717, 1.165) is 37.2 Å². The second-order valence-corrected chi connectivity index (χ2v) is 4.08. The smallest absolute Gasteiger partial charge is 0.208 e. The van der Waals surface area contributed by atoms with Gasteiger partial charge in [0.15, 0.2) is 0 Å². The predicted octanol–water partition coefficient (Wildman–Crippen LogP) is 1.33. The fourth-order valence-electron chi connectivity index (χ4n) is 2.16. The molecule has 16 heavy (non-hydrogen) atoms. The molecule has 0 bridgehead atoms. The zero-order valence-corrected chi connectivity index (χ0v) is 9.23. The minimum absolute atomic E-state index is 0.120. The van der Waals surface area contributed by atoms with Crippen LogP contribution in [0.25, 0.3) is 0 Å². The summed E-state index contributed by atoms with van der Waals surface area (Å²) in [5.74, 6) is 0. The number of amides is 1. The Morgan fingerprint density at radius 3 is 2.75 bits per heavy atom. The molecule has 1 fully saturated rings. The van der Waals surface area contributed by atoms with Crippen molar-refractivity contribution in [1.82, 2.24) is 5.32 Å². The number of hydrogen-bond acceptors (Lipinski definition) is 3. The molecule has 1 saturated heterocycles. The molecule has 1 aromatic rings. The molecule has 0 radical (unpaired) electrons. The highest BCUT2D eigenvalue weighted by Crippen LogP contribution is 2.24. The van der Waals surface area contributed by atoms with Gasteiger partial charge in [-0.05, 0) is 43.5 Å². The number of rotatable bonds is 3. The van der Waals surface area contributed by atoms with Gasteiger partial charge in [-0.1, -0.05) is 0 Å². The van der Waals surface area contributed by atoms with E-state index in [1.54, 1.807) is 0 Å². The molecule has 1 unspecified atom stereocenters. The summed E-state index contributed by atoms with van der Waals surface area (Å²) in [6.07, 6.45) is 4.23. The molecular formula is C12H17N3O. The highest BCUT2D eigenvalue weighted by atomic mass is 16.1. The van der Waals surface area contributed by atoms with Crippen LogP contribution < -0.4 is 16.0 Å². The number of benzene rings is 1. The zero-order chi connectivity index (χ0) is 11.4. The zero-order valence-electron chi connectivity index (χ0n) is 9.23. The van der Waals surface area contributed by atoms with Crippen LogP contribution in [0, 0.1) is 0 Å². The molecule has 1 atom stereocenters. The van der Waals surface area contributed by atoms with Crippen molar-refractivity contribution in [3.63, 3.8) is 0 Å². The molecule has 0 aliphatic carbocycles. The summed E-state index contributed by atoms with van der Waals surface area (Å²) in [6.45, 7) is 0.982. The lowest BCUT2D eigenvalue weighted by atomic mass is 10.1. The van der Waals surface area contributed by atoms with Gasteiger partial charge < -0.3 is 16.0 Å². The van der Waals surface area contributed by atoms with Crippen molar-refractivity contribution >= 4 is 17.8 Å². The van der Waals surface area contributed by atoms with Crippen molar-refractivity contribution in [2.75, 3.05) is 17.2 Å². The maximum Gasteiger partial charge on any atom is 0.208 e. The van der Waals surface area contributed by atoms with Gasteiger partial charge in [-0.3, -0.25) is 4.79 Å². The molecule has 1 aromatic carbocycles. The summed E-state index contributed by atoms with van der Waals surface area (Å²) >= 11 is 0. The van der Waals surface area contributed by atoms with Crippen molar-refractivity contribution in [3.05, 3.63) is 24.3 Å². The van der Waals surface area contributed by atoms with Gasteiger partial charge in [0, 0.05) is 17.9 Å². The SMILES string of the molecule is Nc1ccc(N2CCCCC2NC=O)cc1. The Morgan fingerprint density at radius 1 is 1.31 bits per heavy atom. The fraction of sp³-hybridized carbons (Fsp3) is 0.417. The lowest BCUT2D eigenvalue weighted by Gasteiger charge is -2.37. The second kappa shape index (κ2) is 4.88. The van der Waals surface area contributed by atoms with Crippen LogP contribution in [0.5, 0.6) is 0 Å². The molecule has 4 nitrogen and oxygen atoms in total. The number of hydrogen-bond donors (Lipinski definition) is 2. The van der Waals surface area contributed by atoms with E-state index in [1.165, 1.54) is 6.42 Å². The quantitative estimate of drug-likeness (QED) is 0.595. The lowest BCUT2D eigenvalue weighted by molar-refractivity contribution is -0.110. The van der Waals surface area contributed by atoms with Gasteiger partial charge in [-0.25, -0.2) is 0 Å². The van der Waals surface area contributed by atoms with Gasteiger partial charge in [0.25, 0.3) is 0 Å². The molecule has 0 saturated carbocycles. The number of carbonyl (C=O) groups excluding carboxylic acids is 1. The Bertz CT molecular complexity index is 350. The Hall–Kier alpha value is -1.71. The molecule has 0 spiro atoms. The van der Waals surface area contributed by atoms with E-state index in [0.29, 0.717) is 0 Å². The van der Waals surface area contributed by atoms with Gasteiger partial charge in [-0.2, -0.15) is 0 Å². The third-order valence-corrected chi connectivity index (χ3v) is 2.99. The summed E-state index contributed by atoms with van der Waals surface area (Å²) in [6, 6.07) is 7.78. The molecule has 1 aliphatic rings. The van der Waals surface area contributed by atoms with E-state index in [1.807, 2.05) is 24.3 Å². The molecule has 0 aromatic heterocycles. The summed E-state index contributed by atoms with van der Waals surface area (Å²) in [5, 5.41) is 2.86. The van der Waals surface area contributed by atoms with Crippen molar-refractivity contribution in [3.8, 4) is 0 Å². The van der Waals surface area contributed by atoms with E-state index < -0.39 is 0 Å². The molecule has 1 aliphatic heterocycles. The minimum atomic E-state index is 0.120. The van der Waals surface area contributed by atoms with E-state index in [9.17, 15) is 4.79 Å². The van der Waals surface area contributed by atoms with E-state index in [2.05, 4.69) is 10.2 Å². The highest BCUT2D eigenvalue weighted by Gasteiger charge is 2.21. The molecule has 3 N–H and O–H groups in total. The summed E-state index contributed by atoms with van der Waals surface area (Å²) in [7, 11) is 0. The van der Waals surface area contributed by atoms with E-state index >= 15 is 0 Å². The molecular weight excluding hydrogens is 202 g/mol. The van der Waals surface area contributed by atoms with Crippen molar-refractivity contribution < 1.29 is 4.79 Å². The van der Waals surface area contributed by atoms with Crippen LogP contribution in [0.4, 0.5) is 11.4 Å². The van der Waals surface area contributed by atoms with Gasteiger partial charge in [0.05, 0.1) is 0 Å². The second-order valence-electron chi connectivity index (χ2n) is 4.08. The third-order valence-electron chi connectivity index (χ3n) is 2.99. The number of nitrogens with zero attached hydrogens (tertiary/aromatic N) is 1. The van der Waals surface area contributed by atoms with Crippen LogP contribution in [0.2, 0.25) is 0 Å². The number of anilines is 2. The third kappa shape index (κ3) is 2.27. The molecule has 86 valence electrons. The van der Waals surface area contributed by atoms with Gasteiger partial charge in [0.2, 0.25) is 6.41 Å². The maximum atomic E-state index is 10.5. The number of nitrogens with one attached hydrogen (secondary N) is 1. The Kier molecular flexibility index (Phi) is 3.29. The number of nitrogens with two attached hydrogens (primary N) is 1. The predicted molar refractivity (Wildman–Crippen MR) is 65.0 cm³/mol. The first kappa shape index (κ1) is 10.8. The van der Waals surface area contributed by atoms with Gasteiger partial charge in [-0.15, -0.1) is 0 Å². The first-order valence-corrected chi connectivity index (χ1v) is 5.63. The minimum Gasteiger partial charge on any atom is -0.399 e. The van der Waals surface area contributed by atoms with Gasteiger partial charge >= 0.3 is 0 Å². The standard InChI is InChI=1S/C12H17N3O/c13-10-4-6-11(7-5-10)15-8-2-1-3-12(15)14-9-16/h4-7,9,12H,1-3,8,13H2,(H,14,16). The Labute approximate surface area is 95.4 Å². The monoisotopic (exact) mass is 219 g/mol. The average molecular weight is 219 g/mol. The van der Waals surface area contributed by atoms with Crippen LogP contribution in [0.15, 0.2) is 24.3 Å². The average Bonchev–Trinajstić information content (AvgIpc) is 2.32. The molecule has 4 heteroatoms. The Morgan fingerprint density at radius 2 is 2.06 bits per heavy atom. The van der Waals surface area contributed by atoms with Crippen LogP contribution in [0.3, 0.4) is 0 Å². The number of piperidine rings is 1. The lowest BCUT2D eigenvalue weighted by Crippen LogP contribution is -2.48. The Balaban J connectivity index is 2.15. The van der Waals surface area contributed by atoms with Crippen molar-refractivity contribution in [1.29, 1.82) is 0 Å². The van der Waals surface area contributed by atoms with Crippen LogP contribution in [-0.4, -0.2) is 19.1 Å². The van der Waals surface area contributed by atoms with Crippen LogP contribution in [0.1, 0.15) is 19.3 Å². The summed E-state index contributed by atoms with van der Waals surface area (Å²) in [5.41, 5.74) is 7.54. The molecule has 2 rings (SSSR count). The summed E-state index contributed by atoms with van der Waals surface area (Å²) in [4.78, 5) is 12.8. The topological polar surface area (TPSA) is 58.4 Å². The van der Waals surface area contributed by atoms with Crippen LogP contribution >= 0.6 is 0 Å². The van der Waals surface area contributed by atoms with Crippen LogP contribution in [-0.2, 0) is 4.79 Å². The van der Waals surface area contributed by atoms with E-state index in [-0.39, 0.29) is 6.17 Å². The molecule has 1 heterocycles. The maximum absolute atomic E-state index is 10.5. The van der Waals surface area contributed by atoms with Crippen molar-refractivity contribution in [2.45, 2.75) is 25.4 Å². The molecule has 1 amide bonds.